The highest BCUT2D eigenvalue weighted by atomic mass is 32.2. The summed E-state index contributed by atoms with van der Waals surface area (Å²) >= 11 is 0. The van der Waals surface area contributed by atoms with Crippen LogP contribution in [0.2, 0.25) is 0 Å². The van der Waals surface area contributed by atoms with E-state index in [-0.39, 0.29) is 30.5 Å². The molecule has 6 nitrogen and oxygen atoms in total. The zero-order valence-electron chi connectivity index (χ0n) is 12.8. The SMILES string of the molecule is C=CCO[C@H](C)C(=O)NCCNS(=O)(=O)c1ccc(C)cc1. The van der Waals surface area contributed by atoms with E-state index in [1.807, 2.05) is 6.92 Å². The zero-order chi connectivity index (χ0) is 16.6. The number of carbonyl (C=O) groups excluding carboxylic acids is 1. The van der Waals surface area contributed by atoms with Gasteiger partial charge in [0, 0.05) is 13.1 Å². The monoisotopic (exact) mass is 326 g/mol. The number of amides is 1. The fourth-order valence-corrected chi connectivity index (χ4v) is 2.64. The Kier molecular flexibility index (Phi) is 7.23. The van der Waals surface area contributed by atoms with Gasteiger partial charge >= 0.3 is 0 Å². The van der Waals surface area contributed by atoms with E-state index in [2.05, 4.69) is 16.6 Å². The summed E-state index contributed by atoms with van der Waals surface area (Å²) in [5.74, 6) is -0.295. The van der Waals surface area contributed by atoms with E-state index in [4.69, 9.17) is 4.74 Å². The van der Waals surface area contributed by atoms with Gasteiger partial charge in [0.1, 0.15) is 6.10 Å². The van der Waals surface area contributed by atoms with Crippen LogP contribution in [0.4, 0.5) is 0 Å². The normalized spacial score (nSPS) is 12.6. The van der Waals surface area contributed by atoms with Gasteiger partial charge in [0.2, 0.25) is 15.9 Å². The summed E-state index contributed by atoms with van der Waals surface area (Å²) < 4.78 is 31.6. The number of benzene rings is 1. The minimum absolute atomic E-state index is 0.107. The van der Waals surface area contributed by atoms with E-state index in [0.717, 1.165) is 5.56 Å². The van der Waals surface area contributed by atoms with Crippen molar-refractivity contribution >= 4 is 15.9 Å². The molecule has 0 radical (unpaired) electrons. The first kappa shape index (κ1) is 18.3. The number of rotatable bonds is 9. The van der Waals surface area contributed by atoms with Gasteiger partial charge in [-0.3, -0.25) is 4.79 Å². The van der Waals surface area contributed by atoms with Crippen molar-refractivity contribution < 1.29 is 17.9 Å². The summed E-state index contributed by atoms with van der Waals surface area (Å²) in [7, 11) is -3.56. The van der Waals surface area contributed by atoms with Crippen LogP contribution < -0.4 is 10.0 Å². The topological polar surface area (TPSA) is 84.5 Å². The third-order valence-electron chi connectivity index (χ3n) is 2.88. The maximum absolute atomic E-state index is 12.0. The molecule has 0 saturated heterocycles. The van der Waals surface area contributed by atoms with Crippen molar-refractivity contribution in [2.24, 2.45) is 0 Å². The van der Waals surface area contributed by atoms with Crippen molar-refractivity contribution in [1.82, 2.24) is 10.0 Å². The van der Waals surface area contributed by atoms with Crippen LogP contribution in [0.5, 0.6) is 0 Å². The van der Waals surface area contributed by atoms with Gasteiger partial charge < -0.3 is 10.1 Å². The molecule has 0 unspecified atom stereocenters. The molecule has 1 atom stereocenters. The molecule has 0 heterocycles. The largest absolute Gasteiger partial charge is 0.365 e. The standard InChI is InChI=1S/C15H22N2O4S/c1-4-11-21-13(3)15(18)16-9-10-17-22(19,20)14-7-5-12(2)6-8-14/h4-8,13,17H,1,9-11H2,2-3H3,(H,16,18)/t13-/m1/s1. The van der Waals surface area contributed by atoms with Crippen LogP contribution in [0.25, 0.3) is 0 Å². The molecule has 1 amide bonds. The first-order chi connectivity index (χ1) is 10.4. The lowest BCUT2D eigenvalue weighted by Gasteiger charge is -2.12. The van der Waals surface area contributed by atoms with Crippen LogP contribution in [0.3, 0.4) is 0 Å². The van der Waals surface area contributed by atoms with Crippen LogP contribution >= 0.6 is 0 Å². The molecule has 2 N–H and O–H groups in total. The van der Waals surface area contributed by atoms with E-state index >= 15 is 0 Å². The predicted octanol–water partition coefficient (Wildman–Crippen LogP) is 0.981. The van der Waals surface area contributed by atoms with Gasteiger partial charge in [-0.1, -0.05) is 23.8 Å². The van der Waals surface area contributed by atoms with Crippen molar-refractivity contribution in [3.63, 3.8) is 0 Å². The summed E-state index contributed by atoms with van der Waals surface area (Å²) in [6, 6.07) is 6.55. The van der Waals surface area contributed by atoms with Gasteiger partial charge in [-0.2, -0.15) is 0 Å². The van der Waals surface area contributed by atoms with Crippen LogP contribution in [-0.2, 0) is 19.6 Å². The highest BCUT2D eigenvalue weighted by Gasteiger charge is 2.14. The maximum atomic E-state index is 12.0. The number of carbonyl (C=O) groups is 1. The molecular formula is C15H22N2O4S. The third kappa shape index (κ3) is 5.97. The highest BCUT2D eigenvalue weighted by molar-refractivity contribution is 7.89. The Hall–Kier alpha value is -1.70. The molecule has 0 aliphatic rings. The first-order valence-corrected chi connectivity index (χ1v) is 8.41. The minimum atomic E-state index is -3.56. The summed E-state index contributed by atoms with van der Waals surface area (Å²) in [6.07, 6.45) is 0.950. The van der Waals surface area contributed by atoms with E-state index in [9.17, 15) is 13.2 Å². The lowest BCUT2D eigenvalue weighted by molar-refractivity contribution is -0.130. The van der Waals surface area contributed by atoms with Crippen LogP contribution in [0.1, 0.15) is 12.5 Å². The molecule has 0 spiro atoms. The fourth-order valence-electron chi connectivity index (χ4n) is 1.60. The van der Waals surface area contributed by atoms with Gasteiger partial charge in [-0.05, 0) is 26.0 Å². The molecular weight excluding hydrogens is 304 g/mol. The van der Waals surface area contributed by atoms with Crippen LogP contribution in [-0.4, -0.2) is 40.1 Å². The Balaban J connectivity index is 2.39. The van der Waals surface area contributed by atoms with E-state index in [1.165, 1.54) is 0 Å². The molecule has 0 fully saturated rings. The summed E-state index contributed by atoms with van der Waals surface area (Å²) in [4.78, 5) is 11.8. The van der Waals surface area contributed by atoms with Crippen molar-refractivity contribution in [1.29, 1.82) is 0 Å². The molecule has 22 heavy (non-hydrogen) atoms. The average Bonchev–Trinajstić information content (AvgIpc) is 2.49. The second-order valence-electron chi connectivity index (χ2n) is 4.77. The van der Waals surface area contributed by atoms with Gasteiger partial charge in [0.05, 0.1) is 11.5 Å². The summed E-state index contributed by atoms with van der Waals surface area (Å²) in [5, 5.41) is 2.60. The third-order valence-corrected chi connectivity index (χ3v) is 4.36. The van der Waals surface area contributed by atoms with E-state index in [0.29, 0.717) is 0 Å². The molecule has 122 valence electrons. The smallest absolute Gasteiger partial charge is 0.248 e. The Morgan fingerprint density at radius 3 is 2.55 bits per heavy atom. The van der Waals surface area contributed by atoms with Gasteiger partial charge in [-0.25, -0.2) is 13.1 Å². The molecule has 7 heteroatoms. The van der Waals surface area contributed by atoms with Gasteiger partial charge in [0.15, 0.2) is 0 Å². The Labute approximate surface area is 131 Å². The molecule has 0 aliphatic heterocycles. The van der Waals surface area contributed by atoms with Crippen molar-refractivity contribution in [2.75, 3.05) is 19.7 Å². The number of hydrogen-bond acceptors (Lipinski definition) is 4. The predicted molar refractivity (Wildman–Crippen MR) is 85.0 cm³/mol. The van der Waals surface area contributed by atoms with Crippen molar-refractivity contribution in [2.45, 2.75) is 24.8 Å². The van der Waals surface area contributed by atoms with Crippen LogP contribution in [0, 0.1) is 6.92 Å². The van der Waals surface area contributed by atoms with Crippen molar-refractivity contribution in [3.8, 4) is 0 Å². The molecule has 1 aromatic carbocycles. The molecule has 0 bridgehead atoms. The van der Waals surface area contributed by atoms with Gasteiger partial charge in [0.25, 0.3) is 0 Å². The Morgan fingerprint density at radius 1 is 1.32 bits per heavy atom. The molecule has 1 rings (SSSR count). The minimum Gasteiger partial charge on any atom is -0.365 e. The number of nitrogens with one attached hydrogen (secondary N) is 2. The molecule has 1 aromatic rings. The summed E-state index contributed by atoms with van der Waals surface area (Å²) in [5.41, 5.74) is 0.986. The van der Waals surface area contributed by atoms with Crippen molar-refractivity contribution in [3.05, 3.63) is 42.5 Å². The second kappa shape index (κ2) is 8.67. The lowest BCUT2D eigenvalue weighted by atomic mass is 10.2. The maximum Gasteiger partial charge on any atom is 0.248 e. The first-order valence-electron chi connectivity index (χ1n) is 6.93. The molecule has 0 aliphatic carbocycles. The Bertz CT molecular complexity index is 596. The van der Waals surface area contributed by atoms with Crippen LogP contribution in [0.15, 0.2) is 41.8 Å². The second-order valence-corrected chi connectivity index (χ2v) is 6.53. The quantitative estimate of drug-likeness (QED) is 0.523. The molecule has 0 aromatic heterocycles. The highest BCUT2D eigenvalue weighted by Crippen LogP contribution is 2.09. The summed E-state index contributed by atoms with van der Waals surface area (Å²) in [6.45, 7) is 7.58. The number of sulfonamides is 1. The number of ether oxygens (including phenoxy) is 1. The number of aryl methyl sites for hydroxylation is 1. The lowest BCUT2D eigenvalue weighted by Crippen LogP contribution is -2.39. The number of hydrogen-bond donors (Lipinski definition) is 2. The fraction of sp³-hybridized carbons (Fsp3) is 0.400. The Morgan fingerprint density at radius 2 is 1.95 bits per heavy atom. The average molecular weight is 326 g/mol. The van der Waals surface area contributed by atoms with E-state index in [1.54, 1.807) is 37.3 Å². The van der Waals surface area contributed by atoms with Gasteiger partial charge in [-0.15, -0.1) is 6.58 Å². The zero-order valence-corrected chi connectivity index (χ0v) is 13.7. The molecule has 0 saturated carbocycles. The van der Waals surface area contributed by atoms with E-state index < -0.39 is 16.1 Å².